The molecule has 1 aromatic rings. The van der Waals surface area contributed by atoms with Crippen LogP contribution in [-0.4, -0.2) is 41.5 Å². The third-order valence-electron chi connectivity index (χ3n) is 5.11. The number of piperidine rings is 1. The molecule has 3 rings (SSSR count). The Morgan fingerprint density at radius 1 is 1.40 bits per heavy atom. The molecule has 3 nitrogen and oxygen atoms in total. The molecule has 1 aromatic carbocycles. The molecule has 2 aliphatic rings. The van der Waals surface area contributed by atoms with E-state index in [1.807, 2.05) is 12.1 Å². The number of hydrogen-bond acceptors (Lipinski definition) is 3. The van der Waals surface area contributed by atoms with Gasteiger partial charge in [0.25, 0.3) is 0 Å². The Bertz CT molecular complexity index is 470. The summed E-state index contributed by atoms with van der Waals surface area (Å²) >= 11 is 0. The molecule has 2 aliphatic heterocycles. The standard InChI is InChI=1S/C17H23NO2/c1-12(14-6-4-13(11-20)5-7-14)16-9-15(3-2-8-19)17-10-18(16)17/h4-7,11-12,15-17,19H,2-3,8-10H2,1H3/t12-,15+,16-,17+,18?/m1/s1. The maximum atomic E-state index is 10.7. The number of aldehydes is 1. The van der Waals surface area contributed by atoms with Gasteiger partial charge in [-0.25, -0.2) is 0 Å². The molecule has 2 heterocycles. The fourth-order valence-corrected chi connectivity index (χ4v) is 3.83. The van der Waals surface area contributed by atoms with Gasteiger partial charge in [0.2, 0.25) is 0 Å². The van der Waals surface area contributed by atoms with E-state index in [4.69, 9.17) is 5.11 Å². The molecule has 0 aromatic heterocycles. The highest BCUT2D eigenvalue weighted by molar-refractivity contribution is 5.74. The van der Waals surface area contributed by atoms with Crippen LogP contribution in [0.4, 0.5) is 0 Å². The molecule has 0 bridgehead atoms. The smallest absolute Gasteiger partial charge is 0.150 e. The van der Waals surface area contributed by atoms with Crippen LogP contribution in [0.5, 0.6) is 0 Å². The Morgan fingerprint density at radius 2 is 2.15 bits per heavy atom. The minimum Gasteiger partial charge on any atom is -0.396 e. The van der Waals surface area contributed by atoms with Gasteiger partial charge in [0.1, 0.15) is 6.29 Å². The van der Waals surface area contributed by atoms with E-state index in [1.165, 1.54) is 18.5 Å². The van der Waals surface area contributed by atoms with Crippen LogP contribution in [0, 0.1) is 5.92 Å². The van der Waals surface area contributed by atoms with E-state index < -0.39 is 0 Å². The van der Waals surface area contributed by atoms with Crippen molar-refractivity contribution in [1.82, 2.24) is 4.90 Å². The lowest BCUT2D eigenvalue weighted by molar-refractivity contribution is 0.112. The van der Waals surface area contributed by atoms with Crippen LogP contribution in [0.1, 0.15) is 48.0 Å². The minimum absolute atomic E-state index is 0.316. The highest BCUT2D eigenvalue weighted by Crippen LogP contribution is 2.47. The number of aliphatic hydroxyl groups is 1. The van der Waals surface area contributed by atoms with Crippen LogP contribution >= 0.6 is 0 Å². The van der Waals surface area contributed by atoms with Gasteiger partial charge in [-0.15, -0.1) is 0 Å². The molecule has 108 valence electrons. The topological polar surface area (TPSA) is 40.3 Å². The van der Waals surface area contributed by atoms with Gasteiger partial charge in [-0.2, -0.15) is 0 Å². The summed E-state index contributed by atoms with van der Waals surface area (Å²) in [5.74, 6) is 1.28. The van der Waals surface area contributed by atoms with Crippen molar-refractivity contribution in [3.63, 3.8) is 0 Å². The summed E-state index contributed by atoms with van der Waals surface area (Å²) in [5.41, 5.74) is 2.08. The largest absolute Gasteiger partial charge is 0.396 e. The lowest BCUT2D eigenvalue weighted by Gasteiger charge is -2.23. The summed E-state index contributed by atoms with van der Waals surface area (Å²) < 4.78 is 0. The number of benzene rings is 1. The van der Waals surface area contributed by atoms with Crippen molar-refractivity contribution >= 4 is 6.29 Å². The first-order valence-electron chi connectivity index (χ1n) is 7.66. The van der Waals surface area contributed by atoms with E-state index in [9.17, 15) is 4.79 Å². The lowest BCUT2D eigenvalue weighted by Crippen LogP contribution is -2.23. The maximum Gasteiger partial charge on any atom is 0.150 e. The second-order valence-corrected chi connectivity index (χ2v) is 6.27. The van der Waals surface area contributed by atoms with Crippen LogP contribution in [0.15, 0.2) is 24.3 Å². The Hall–Kier alpha value is -1.19. The summed E-state index contributed by atoms with van der Waals surface area (Å²) in [6.07, 6.45) is 4.24. The zero-order valence-electron chi connectivity index (χ0n) is 12.0. The molecule has 5 atom stereocenters. The Kier molecular flexibility index (Phi) is 3.90. The summed E-state index contributed by atoms with van der Waals surface area (Å²) in [4.78, 5) is 13.3. The molecule has 0 radical (unpaired) electrons. The first kappa shape index (κ1) is 13.8. The third-order valence-corrected chi connectivity index (χ3v) is 5.11. The first-order valence-corrected chi connectivity index (χ1v) is 7.66. The number of nitrogens with zero attached hydrogens (tertiary/aromatic N) is 1. The molecule has 1 unspecified atom stereocenters. The molecule has 0 aliphatic carbocycles. The molecular formula is C17H23NO2. The van der Waals surface area contributed by atoms with Gasteiger partial charge in [-0.1, -0.05) is 31.2 Å². The molecule has 0 spiro atoms. The third kappa shape index (κ3) is 2.52. The summed E-state index contributed by atoms with van der Waals surface area (Å²) in [5, 5.41) is 8.99. The van der Waals surface area contributed by atoms with Crippen LogP contribution < -0.4 is 0 Å². The Labute approximate surface area is 120 Å². The van der Waals surface area contributed by atoms with Crippen LogP contribution in [0.25, 0.3) is 0 Å². The van der Waals surface area contributed by atoms with E-state index in [0.29, 0.717) is 18.6 Å². The lowest BCUT2D eigenvalue weighted by atomic mass is 9.86. The maximum absolute atomic E-state index is 10.7. The van der Waals surface area contributed by atoms with Gasteiger partial charge >= 0.3 is 0 Å². The van der Waals surface area contributed by atoms with Crippen LogP contribution in [0.2, 0.25) is 0 Å². The highest BCUT2D eigenvalue weighted by Gasteiger charge is 2.52. The number of carbonyl (C=O) groups is 1. The zero-order chi connectivity index (χ0) is 14.1. The van der Waals surface area contributed by atoms with Crippen molar-refractivity contribution < 1.29 is 9.90 Å². The summed E-state index contributed by atoms with van der Waals surface area (Å²) in [6.45, 7) is 3.85. The van der Waals surface area contributed by atoms with Crippen molar-refractivity contribution in [3.05, 3.63) is 35.4 Å². The van der Waals surface area contributed by atoms with E-state index in [1.54, 1.807) is 0 Å². The average molecular weight is 273 g/mol. The fraction of sp³-hybridized carbons (Fsp3) is 0.588. The Morgan fingerprint density at radius 3 is 2.80 bits per heavy atom. The van der Waals surface area contributed by atoms with Crippen LogP contribution in [0.3, 0.4) is 0 Å². The zero-order valence-corrected chi connectivity index (χ0v) is 12.0. The second kappa shape index (κ2) is 5.66. The molecule has 0 amide bonds. The minimum atomic E-state index is 0.316. The monoisotopic (exact) mass is 273 g/mol. The fourth-order valence-electron chi connectivity index (χ4n) is 3.83. The van der Waals surface area contributed by atoms with Crippen molar-refractivity contribution in [2.45, 2.75) is 44.2 Å². The predicted molar refractivity (Wildman–Crippen MR) is 79.0 cm³/mol. The molecule has 20 heavy (non-hydrogen) atoms. The number of rotatable bonds is 6. The SMILES string of the molecule is C[C@H](c1ccc(C=O)cc1)[C@H]1C[C@H](CCCO)[C@@H]2CN12. The van der Waals surface area contributed by atoms with Gasteiger partial charge in [-0.3, -0.25) is 9.69 Å². The van der Waals surface area contributed by atoms with Gasteiger partial charge in [-0.05, 0) is 36.7 Å². The molecule has 2 fully saturated rings. The van der Waals surface area contributed by atoms with Crippen molar-refractivity contribution in [2.75, 3.05) is 13.2 Å². The van der Waals surface area contributed by atoms with Gasteiger partial charge < -0.3 is 5.11 Å². The van der Waals surface area contributed by atoms with Gasteiger partial charge in [0, 0.05) is 30.8 Å². The van der Waals surface area contributed by atoms with Gasteiger partial charge in [0.15, 0.2) is 0 Å². The quantitative estimate of drug-likeness (QED) is 0.639. The molecule has 3 heteroatoms. The van der Waals surface area contributed by atoms with E-state index in [-0.39, 0.29) is 0 Å². The van der Waals surface area contributed by atoms with Crippen molar-refractivity contribution in [2.24, 2.45) is 5.92 Å². The average Bonchev–Trinajstić information content (AvgIpc) is 3.20. The number of aliphatic hydroxyl groups excluding tert-OH is 1. The highest BCUT2D eigenvalue weighted by atomic mass is 16.2. The van der Waals surface area contributed by atoms with Crippen LogP contribution in [-0.2, 0) is 0 Å². The number of hydrogen-bond donors (Lipinski definition) is 1. The first-order chi connectivity index (χ1) is 9.74. The predicted octanol–water partition coefficient (Wildman–Crippen LogP) is 2.45. The van der Waals surface area contributed by atoms with Gasteiger partial charge in [0.05, 0.1) is 0 Å². The normalized spacial score (nSPS) is 32.7. The molecule has 1 N–H and O–H groups in total. The number of carbonyl (C=O) groups excluding carboxylic acids is 1. The van der Waals surface area contributed by atoms with Crippen molar-refractivity contribution in [1.29, 1.82) is 0 Å². The Balaban J connectivity index is 1.65. The number of fused-ring (bicyclic) bond motifs is 1. The second-order valence-electron chi connectivity index (χ2n) is 6.27. The van der Waals surface area contributed by atoms with E-state index >= 15 is 0 Å². The molecule has 2 saturated heterocycles. The molecule has 0 saturated carbocycles. The van der Waals surface area contributed by atoms with Crippen molar-refractivity contribution in [3.8, 4) is 0 Å². The van der Waals surface area contributed by atoms with E-state index in [0.717, 1.165) is 36.7 Å². The molecular weight excluding hydrogens is 250 g/mol. The summed E-state index contributed by atoms with van der Waals surface area (Å²) in [7, 11) is 0. The van der Waals surface area contributed by atoms with E-state index in [2.05, 4.69) is 24.0 Å². The summed E-state index contributed by atoms with van der Waals surface area (Å²) in [6, 6.07) is 9.41.